The molecule has 3 heterocycles. The Morgan fingerprint density at radius 2 is 2.20 bits per heavy atom. The summed E-state index contributed by atoms with van der Waals surface area (Å²) in [6, 6.07) is 2.07. The fourth-order valence-electron chi connectivity index (χ4n) is 3.58. The number of amides is 1. The molecule has 4 rings (SSSR count). The second-order valence-electron chi connectivity index (χ2n) is 6.89. The second kappa shape index (κ2) is 6.35. The van der Waals surface area contributed by atoms with Gasteiger partial charge in [0.1, 0.15) is 5.65 Å². The van der Waals surface area contributed by atoms with Gasteiger partial charge < -0.3 is 15.2 Å². The SMILES string of the molecule is C=CC(=O)N1CCC[C@@H](Nc2ccnc3[nH]cc(C(=O)C4CC4)c23)C1. The maximum atomic E-state index is 12.6. The number of likely N-dealkylation sites (tertiary alicyclic amines) is 1. The van der Waals surface area contributed by atoms with Gasteiger partial charge in [-0.3, -0.25) is 9.59 Å². The first-order valence-corrected chi connectivity index (χ1v) is 8.85. The molecule has 2 aromatic rings. The van der Waals surface area contributed by atoms with Crippen molar-refractivity contribution in [3.8, 4) is 0 Å². The minimum absolute atomic E-state index is 0.0300. The van der Waals surface area contributed by atoms with E-state index >= 15 is 0 Å². The lowest BCUT2D eigenvalue weighted by atomic mass is 10.0. The van der Waals surface area contributed by atoms with E-state index in [1.165, 1.54) is 6.08 Å². The van der Waals surface area contributed by atoms with Gasteiger partial charge in [0.05, 0.1) is 5.39 Å². The van der Waals surface area contributed by atoms with Crippen LogP contribution in [0.1, 0.15) is 36.0 Å². The monoisotopic (exact) mass is 338 g/mol. The van der Waals surface area contributed by atoms with Gasteiger partial charge in [0.15, 0.2) is 5.78 Å². The van der Waals surface area contributed by atoms with Gasteiger partial charge in [0.2, 0.25) is 5.91 Å². The molecular weight excluding hydrogens is 316 g/mol. The minimum Gasteiger partial charge on any atom is -0.380 e. The van der Waals surface area contributed by atoms with Crippen molar-refractivity contribution in [2.75, 3.05) is 18.4 Å². The van der Waals surface area contributed by atoms with E-state index in [1.54, 1.807) is 12.4 Å². The van der Waals surface area contributed by atoms with E-state index in [9.17, 15) is 9.59 Å². The van der Waals surface area contributed by atoms with E-state index in [4.69, 9.17) is 0 Å². The normalized spacial score (nSPS) is 20.5. The number of nitrogens with one attached hydrogen (secondary N) is 2. The number of aromatic amines is 1. The predicted molar refractivity (Wildman–Crippen MR) is 96.6 cm³/mol. The number of ketones is 1. The molecule has 1 aliphatic carbocycles. The molecule has 1 saturated heterocycles. The first kappa shape index (κ1) is 15.9. The zero-order valence-corrected chi connectivity index (χ0v) is 14.1. The quantitative estimate of drug-likeness (QED) is 0.649. The molecule has 0 radical (unpaired) electrons. The van der Waals surface area contributed by atoms with Crippen molar-refractivity contribution in [3.05, 3.63) is 36.7 Å². The van der Waals surface area contributed by atoms with E-state index in [0.717, 1.165) is 54.5 Å². The third kappa shape index (κ3) is 3.04. The van der Waals surface area contributed by atoms with Crippen LogP contribution in [0.5, 0.6) is 0 Å². The summed E-state index contributed by atoms with van der Waals surface area (Å²) in [6.07, 6.45) is 8.78. The van der Waals surface area contributed by atoms with E-state index in [0.29, 0.717) is 6.54 Å². The van der Waals surface area contributed by atoms with E-state index in [-0.39, 0.29) is 23.7 Å². The van der Waals surface area contributed by atoms with Gasteiger partial charge in [-0.15, -0.1) is 0 Å². The molecule has 2 aromatic heterocycles. The Kier molecular flexibility index (Phi) is 4.03. The summed E-state index contributed by atoms with van der Waals surface area (Å²) in [6.45, 7) is 4.98. The lowest BCUT2D eigenvalue weighted by Crippen LogP contribution is -2.44. The molecule has 6 nitrogen and oxygen atoms in total. The second-order valence-corrected chi connectivity index (χ2v) is 6.89. The van der Waals surface area contributed by atoms with Crippen molar-refractivity contribution in [1.82, 2.24) is 14.9 Å². The lowest BCUT2D eigenvalue weighted by Gasteiger charge is -2.33. The number of pyridine rings is 1. The molecule has 1 aliphatic heterocycles. The number of H-pyrrole nitrogens is 1. The minimum atomic E-state index is -0.0300. The summed E-state index contributed by atoms with van der Waals surface area (Å²) in [5, 5.41) is 4.40. The summed E-state index contributed by atoms with van der Waals surface area (Å²) in [7, 11) is 0. The van der Waals surface area contributed by atoms with Crippen LogP contribution in [0.3, 0.4) is 0 Å². The molecule has 0 unspecified atom stereocenters. The number of carbonyl (C=O) groups excluding carboxylic acids is 2. The van der Waals surface area contributed by atoms with Crippen LogP contribution < -0.4 is 5.32 Å². The zero-order chi connectivity index (χ0) is 17.4. The fraction of sp³-hybridized carbons (Fsp3) is 0.421. The third-order valence-electron chi connectivity index (χ3n) is 5.05. The van der Waals surface area contributed by atoms with Gasteiger partial charge in [-0.05, 0) is 37.8 Å². The highest BCUT2D eigenvalue weighted by atomic mass is 16.2. The molecule has 1 saturated carbocycles. The maximum absolute atomic E-state index is 12.6. The van der Waals surface area contributed by atoms with Gasteiger partial charge in [0.25, 0.3) is 0 Å². The van der Waals surface area contributed by atoms with Crippen LogP contribution in [0, 0.1) is 5.92 Å². The van der Waals surface area contributed by atoms with Gasteiger partial charge in [-0.25, -0.2) is 4.98 Å². The fourth-order valence-corrected chi connectivity index (χ4v) is 3.58. The maximum Gasteiger partial charge on any atom is 0.246 e. The van der Waals surface area contributed by atoms with Crippen LogP contribution in [0.25, 0.3) is 11.0 Å². The molecule has 1 amide bonds. The van der Waals surface area contributed by atoms with Crippen LogP contribution in [-0.4, -0.2) is 45.7 Å². The summed E-state index contributed by atoms with van der Waals surface area (Å²) in [4.78, 5) is 33.7. The predicted octanol–water partition coefficient (Wildman–Crippen LogP) is 2.74. The van der Waals surface area contributed by atoms with Gasteiger partial charge >= 0.3 is 0 Å². The van der Waals surface area contributed by atoms with Crippen LogP contribution in [-0.2, 0) is 4.79 Å². The molecule has 130 valence electrons. The van der Waals surface area contributed by atoms with E-state index in [2.05, 4.69) is 21.9 Å². The molecule has 2 aliphatic rings. The summed E-state index contributed by atoms with van der Waals surface area (Å²) < 4.78 is 0. The number of hydrogen-bond acceptors (Lipinski definition) is 4. The van der Waals surface area contributed by atoms with Gasteiger partial charge in [0, 0.05) is 48.7 Å². The number of Topliss-reactive ketones (excluding diaryl/α,β-unsaturated/α-hetero) is 1. The van der Waals surface area contributed by atoms with E-state index < -0.39 is 0 Å². The Labute approximate surface area is 146 Å². The number of aromatic nitrogens is 2. The average molecular weight is 338 g/mol. The number of fused-ring (bicyclic) bond motifs is 1. The molecule has 6 heteroatoms. The Hall–Kier alpha value is -2.63. The van der Waals surface area contributed by atoms with Crippen molar-refractivity contribution >= 4 is 28.4 Å². The van der Waals surface area contributed by atoms with Crippen LogP contribution in [0.15, 0.2) is 31.1 Å². The molecular formula is C19H22N4O2. The van der Waals surface area contributed by atoms with Crippen LogP contribution in [0.2, 0.25) is 0 Å². The van der Waals surface area contributed by atoms with Crippen molar-refractivity contribution in [3.63, 3.8) is 0 Å². The van der Waals surface area contributed by atoms with Crippen molar-refractivity contribution < 1.29 is 9.59 Å². The zero-order valence-electron chi connectivity index (χ0n) is 14.1. The Bertz CT molecular complexity index is 837. The Morgan fingerprint density at radius 1 is 1.36 bits per heavy atom. The number of anilines is 1. The third-order valence-corrected chi connectivity index (χ3v) is 5.05. The van der Waals surface area contributed by atoms with Crippen molar-refractivity contribution in [2.45, 2.75) is 31.7 Å². The molecule has 0 spiro atoms. The lowest BCUT2D eigenvalue weighted by molar-refractivity contribution is -0.127. The highest BCUT2D eigenvalue weighted by molar-refractivity contribution is 6.12. The first-order valence-electron chi connectivity index (χ1n) is 8.85. The van der Waals surface area contributed by atoms with Crippen LogP contribution in [0.4, 0.5) is 5.69 Å². The van der Waals surface area contributed by atoms with Gasteiger partial charge in [-0.1, -0.05) is 6.58 Å². The summed E-state index contributed by atoms with van der Waals surface area (Å²) in [5.41, 5.74) is 2.36. The molecule has 2 fully saturated rings. The number of hydrogen-bond donors (Lipinski definition) is 2. The van der Waals surface area contributed by atoms with E-state index in [1.807, 2.05) is 11.0 Å². The van der Waals surface area contributed by atoms with Crippen molar-refractivity contribution in [2.24, 2.45) is 5.92 Å². The van der Waals surface area contributed by atoms with Crippen molar-refractivity contribution in [1.29, 1.82) is 0 Å². The molecule has 25 heavy (non-hydrogen) atoms. The van der Waals surface area contributed by atoms with Gasteiger partial charge in [-0.2, -0.15) is 0 Å². The topological polar surface area (TPSA) is 78.1 Å². The number of rotatable bonds is 5. The largest absolute Gasteiger partial charge is 0.380 e. The average Bonchev–Trinajstić information content (AvgIpc) is 3.40. The number of carbonyl (C=O) groups is 2. The summed E-state index contributed by atoms with van der Waals surface area (Å²) in [5.74, 6) is 0.342. The molecule has 1 atom stereocenters. The molecule has 0 bridgehead atoms. The number of nitrogens with zero attached hydrogens (tertiary/aromatic N) is 2. The Morgan fingerprint density at radius 3 is 2.96 bits per heavy atom. The van der Waals surface area contributed by atoms with Crippen LogP contribution >= 0.6 is 0 Å². The highest BCUT2D eigenvalue weighted by Crippen LogP contribution is 2.36. The smallest absolute Gasteiger partial charge is 0.246 e. The first-order chi connectivity index (χ1) is 12.2. The number of piperidine rings is 1. The summed E-state index contributed by atoms with van der Waals surface area (Å²) >= 11 is 0. The standard InChI is InChI=1S/C19H22N4O2/c1-2-16(24)23-9-3-4-13(11-23)22-15-7-8-20-19-17(15)14(10-21-19)18(25)12-5-6-12/h2,7-8,10,12-13H,1,3-6,9,11H2,(H2,20,21,22)/t13-/m1/s1. The highest BCUT2D eigenvalue weighted by Gasteiger charge is 2.32. The Balaban J connectivity index is 1.60. The molecule has 0 aromatic carbocycles. The molecule has 2 N–H and O–H groups in total.